The topological polar surface area (TPSA) is 49.4 Å². The standard InChI is InChI=1S/C16H30N2O2/c1-6-8-9-10-16(4,5)11-18-13(7-2)14(19)17-12(3)15(18)20/h12-13H,6-11H2,1-5H3,(H,17,19). The van der Waals surface area contributed by atoms with Crippen molar-refractivity contribution in [3.05, 3.63) is 0 Å². The van der Waals surface area contributed by atoms with Crippen LogP contribution in [0.4, 0.5) is 0 Å². The van der Waals surface area contributed by atoms with Crippen LogP contribution in [0.1, 0.15) is 66.7 Å². The molecule has 2 atom stereocenters. The Hall–Kier alpha value is -1.06. The Balaban J connectivity index is 2.74. The molecule has 0 aromatic heterocycles. The molecule has 0 aliphatic carbocycles. The molecule has 1 saturated heterocycles. The fourth-order valence-electron chi connectivity index (χ4n) is 2.90. The fourth-order valence-corrected chi connectivity index (χ4v) is 2.90. The second-order valence-corrected chi connectivity index (χ2v) is 6.74. The second-order valence-electron chi connectivity index (χ2n) is 6.74. The molecule has 1 rings (SSSR count). The molecule has 0 saturated carbocycles. The van der Waals surface area contributed by atoms with Gasteiger partial charge in [-0.15, -0.1) is 0 Å². The first kappa shape index (κ1) is 17.0. The Morgan fingerprint density at radius 1 is 1.20 bits per heavy atom. The summed E-state index contributed by atoms with van der Waals surface area (Å²) in [6, 6.07) is -0.694. The van der Waals surface area contributed by atoms with Crippen LogP contribution in [0.5, 0.6) is 0 Å². The minimum Gasteiger partial charge on any atom is -0.343 e. The molecule has 1 N–H and O–H groups in total. The van der Waals surface area contributed by atoms with Gasteiger partial charge < -0.3 is 10.2 Å². The van der Waals surface area contributed by atoms with Crippen molar-refractivity contribution in [2.45, 2.75) is 78.8 Å². The minimum atomic E-state index is -0.392. The summed E-state index contributed by atoms with van der Waals surface area (Å²) in [5, 5.41) is 2.77. The summed E-state index contributed by atoms with van der Waals surface area (Å²) in [4.78, 5) is 26.2. The van der Waals surface area contributed by atoms with Gasteiger partial charge in [0.1, 0.15) is 12.1 Å². The first-order valence-corrected chi connectivity index (χ1v) is 7.93. The zero-order valence-electron chi connectivity index (χ0n) is 13.7. The van der Waals surface area contributed by atoms with Crippen molar-refractivity contribution in [3.63, 3.8) is 0 Å². The fraction of sp³-hybridized carbons (Fsp3) is 0.875. The van der Waals surface area contributed by atoms with Crippen molar-refractivity contribution in [2.75, 3.05) is 6.54 Å². The van der Waals surface area contributed by atoms with Crippen molar-refractivity contribution in [2.24, 2.45) is 5.41 Å². The van der Waals surface area contributed by atoms with E-state index < -0.39 is 6.04 Å². The molecule has 2 amide bonds. The van der Waals surface area contributed by atoms with E-state index in [0.717, 1.165) is 6.42 Å². The molecular formula is C16H30N2O2. The van der Waals surface area contributed by atoms with E-state index in [0.29, 0.717) is 13.0 Å². The molecule has 0 aromatic rings. The van der Waals surface area contributed by atoms with Crippen LogP contribution in [0.2, 0.25) is 0 Å². The maximum absolute atomic E-state index is 12.4. The molecule has 1 heterocycles. The van der Waals surface area contributed by atoms with Crippen molar-refractivity contribution >= 4 is 11.8 Å². The Morgan fingerprint density at radius 2 is 1.85 bits per heavy atom. The number of nitrogens with one attached hydrogen (secondary N) is 1. The molecule has 4 heteroatoms. The van der Waals surface area contributed by atoms with Crippen molar-refractivity contribution in [1.29, 1.82) is 0 Å². The summed E-state index contributed by atoms with van der Waals surface area (Å²) in [7, 11) is 0. The summed E-state index contributed by atoms with van der Waals surface area (Å²) in [5.41, 5.74) is 0.0651. The zero-order valence-corrected chi connectivity index (χ0v) is 13.7. The highest BCUT2D eigenvalue weighted by molar-refractivity contribution is 5.96. The molecule has 116 valence electrons. The van der Waals surface area contributed by atoms with Crippen LogP contribution in [-0.4, -0.2) is 35.3 Å². The molecule has 20 heavy (non-hydrogen) atoms. The van der Waals surface area contributed by atoms with Gasteiger partial charge in [0.25, 0.3) is 0 Å². The average molecular weight is 282 g/mol. The molecule has 1 aliphatic heterocycles. The monoisotopic (exact) mass is 282 g/mol. The van der Waals surface area contributed by atoms with Gasteiger partial charge >= 0.3 is 0 Å². The second kappa shape index (κ2) is 7.09. The third-order valence-corrected chi connectivity index (χ3v) is 4.13. The number of rotatable bonds is 7. The van der Waals surface area contributed by atoms with Crippen LogP contribution in [0, 0.1) is 5.41 Å². The lowest BCUT2D eigenvalue weighted by Crippen LogP contribution is -2.63. The van der Waals surface area contributed by atoms with Crippen molar-refractivity contribution in [1.82, 2.24) is 10.2 Å². The Labute approximate surface area is 123 Å². The molecule has 0 bridgehead atoms. The quantitative estimate of drug-likeness (QED) is 0.730. The first-order chi connectivity index (χ1) is 9.32. The highest BCUT2D eigenvalue weighted by atomic mass is 16.2. The minimum absolute atomic E-state index is 0.0102. The Morgan fingerprint density at radius 3 is 2.40 bits per heavy atom. The number of unbranched alkanes of at least 4 members (excludes halogenated alkanes) is 2. The molecule has 1 fully saturated rings. The van der Waals surface area contributed by atoms with Crippen molar-refractivity contribution in [3.8, 4) is 0 Å². The SMILES string of the molecule is CCCCCC(C)(C)CN1C(=O)C(C)NC(=O)C1CC. The Bertz CT molecular complexity index is 352. The summed E-state index contributed by atoms with van der Waals surface area (Å²) in [5.74, 6) is 0.0453. The van der Waals surface area contributed by atoms with Crippen LogP contribution < -0.4 is 5.32 Å². The van der Waals surface area contributed by atoms with E-state index in [2.05, 4.69) is 26.1 Å². The summed E-state index contributed by atoms with van der Waals surface area (Å²) in [6.07, 6.45) is 5.39. The summed E-state index contributed by atoms with van der Waals surface area (Å²) >= 11 is 0. The van der Waals surface area contributed by atoms with Crippen LogP contribution in [-0.2, 0) is 9.59 Å². The van der Waals surface area contributed by atoms with Crippen LogP contribution in [0.3, 0.4) is 0 Å². The van der Waals surface area contributed by atoms with E-state index in [-0.39, 0.29) is 23.3 Å². The number of hydrogen-bond acceptors (Lipinski definition) is 2. The maximum atomic E-state index is 12.4. The van der Waals surface area contributed by atoms with Crippen LogP contribution in [0.15, 0.2) is 0 Å². The Kier molecular flexibility index (Phi) is 6.03. The number of nitrogens with zero attached hydrogens (tertiary/aromatic N) is 1. The lowest BCUT2D eigenvalue weighted by Gasteiger charge is -2.41. The van der Waals surface area contributed by atoms with Gasteiger partial charge in [0.05, 0.1) is 0 Å². The molecule has 2 unspecified atom stereocenters. The van der Waals surface area contributed by atoms with E-state index in [9.17, 15) is 9.59 Å². The maximum Gasteiger partial charge on any atom is 0.245 e. The summed E-state index contributed by atoms with van der Waals surface area (Å²) in [6.45, 7) is 11.0. The van der Waals surface area contributed by atoms with E-state index in [1.165, 1.54) is 19.3 Å². The molecule has 0 radical (unpaired) electrons. The van der Waals surface area contributed by atoms with Crippen LogP contribution >= 0.6 is 0 Å². The van der Waals surface area contributed by atoms with Gasteiger partial charge in [-0.25, -0.2) is 0 Å². The normalized spacial score (nSPS) is 23.9. The largest absolute Gasteiger partial charge is 0.343 e. The highest BCUT2D eigenvalue weighted by Gasteiger charge is 2.39. The van der Waals surface area contributed by atoms with Gasteiger partial charge in [-0.3, -0.25) is 9.59 Å². The van der Waals surface area contributed by atoms with Gasteiger partial charge in [0.2, 0.25) is 11.8 Å². The third kappa shape index (κ3) is 4.22. The smallest absolute Gasteiger partial charge is 0.245 e. The molecule has 4 nitrogen and oxygen atoms in total. The molecular weight excluding hydrogens is 252 g/mol. The van der Waals surface area contributed by atoms with Gasteiger partial charge in [-0.05, 0) is 25.2 Å². The number of carbonyl (C=O) groups excluding carboxylic acids is 2. The van der Waals surface area contributed by atoms with E-state index >= 15 is 0 Å². The average Bonchev–Trinajstić information content (AvgIpc) is 2.36. The number of piperazine rings is 1. The molecule has 0 spiro atoms. The van der Waals surface area contributed by atoms with Gasteiger partial charge in [-0.2, -0.15) is 0 Å². The highest BCUT2D eigenvalue weighted by Crippen LogP contribution is 2.27. The lowest BCUT2D eigenvalue weighted by molar-refractivity contribution is -0.150. The number of hydrogen-bond donors (Lipinski definition) is 1. The predicted octanol–water partition coefficient (Wildman–Crippen LogP) is 2.72. The van der Waals surface area contributed by atoms with Crippen LogP contribution in [0.25, 0.3) is 0 Å². The lowest BCUT2D eigenvalue weighted by atomic mass is 9.85. The van der Waals surface area contributed by atoms with Gasteiger partial charge in [0.15, 0.2) is 0 Å². The van der Waals surface area contributed by atoms with E-state index in [1.807, 2.05) is 6.92 Å². The number of carbonyl (C=O) groups is 2. The number of amides is 2. The molecule has 1 aliphatic rings. The third-order valence-electron chi connectivity index (χ3n) is 4.13. The van der Waals surface area contributed by atoms with Gasteiger partial charge in [-0.1, -0.05) is 47.0 Å². The van der Waals surface area contributed by atoms with Crippen molar-refractivity contribution < 1.29 is 9.59 Å². The first-order valence-electron chi connectivity index (χ1n) is 7.93. The zero-order chi connectivity index (χ0) is 15.3. The predicted molar refractivity (Wildman–Crippen MR) is 81.3 cm³/mol. The van der Waals surface area contributed by atoms with E-state index in [4.69, 9.17) is 0 Å². The van der Waals surface area contributed by atoms with Gasteiger partial charge in [0, 0.05) is 6.54 Å². The molecule has 0 aromatic carbocycles. The summed E-state index contributed by atoms with van der Waals surface area (Å²) < 4.78 is 0. The van der Waals surface area contributed by atoms with E-state index in [1.54, 1.807) is 11.8 Å².